The number of methoxy groups -OCH3 is 1. The van der Waals surface area contributed by atoms with Gasteiger partial charge in [0.05, 0.1) is 23.7 Å². The highest BCUT2D eigenvalue weighted by molar-refractivity contribution is 7.92. The van der Waals surface area contributed by atoms with E-state index in [1.807, 2.05) is 25.9 Å². The number of para-hydroxylation sites is 2. The maximum absolute atomic E-state index is 13.1. The Morgan fingerprint density at radius 2 is 1.56 bits per heavy atom. The topological polar surface area (TPSA) is 78.9 Å². The predicted octanol–water partition coefficient (Wildman–Crippen LogP) is 3.86. The van der Waals surface area contributed by atoms with E-state index < -0.39 is 10.0 Å². The van der Waals surface area contributed by atoms with Crippen molar-refractivity contribution in [2.24, 2.45) is 0 Å². The standard InChI is InChI=1S/C26H31N3O4S/c1-19-10-12-20(13-11-19)24(28(2)3)18-27-26(30)21-14-16-22(17-15-21)34(31,32)29(4)23-8-6-7-9-25(23)33-5/h6-17,24H,18H2,1-5H3,(H,27,30). The van der Waals surface area contributed by atoms with Crippen molar-refractivity contribution in [3.05, 3.63) is 89.5 Å². The van der Waals surface area contributed by atoms with Gasteiger partial charge in [-0.05, 0) is 63.0 Å². The zero-order valence-corrected chi connectivity index (χ0v) is 21.0. The Morgan fingerprint density at radius 1 is 0.941 bits per heavy atom. The van der Waals surface area contributed by atoms with Crippen LogP contribution in [-0.2, 0) is 10.0 Å². The number of nitrogens with zero attached hydrogens (tertiary/aromatic N) is 2. The van der Waals surface area contributed by atoms with Crippen molar-refractivity contribution < 1.29 is 17.9 Å². The van der Waals surface area contributed by atoms with Gasteiger partial charge in [-0.2, -0.15) is 0 Å². The molecule has 3 rings (SSSR count). The van der Waals surface area contributed by atoms with Gasteiger partial charge in [0.25, 0.3) is 15.9 Å². The minimum Gasteiger partial charge on any atom is -0.495 e. The molecule has 34 heavy (non-hydrogen) atoms. The monoisotopic (exact) mass is 481 g/mol. The number of anilines is 1. The number of hydrogen-bond donors (Lipinski definition) is 1. The first kappa shape index (κ1) is 25.3. The highest BCUT2D eigenvalue weighted by Crippen LogP contribution is 2.30. The van der Waals surface area contributed by atoms with Crippen LogP contribution in [0.15, 0.2) is 77.7 Å². The average Bonchev–Trinajstić information content (AvgIpc) is 2.84. The molecule has 7 nitrogen and oxygen atoms in total. The molecule has 0 radical (unpaired) electrons. The molecule has 0 fully saturated rings. The van der Waals surface area contributed by atoms with Crippen LogP contribution in [0.2, 0.25) is 0 Å². The van der Waals surface area contributed by atoms with E-state index in [1.165, 1.54) is 48.3 Å². The SMILES string of the molecule is COc1ccccc1N(C)S(=O)(=O)c1ccc(C(=O)NCC(c2ccc(C)cc2)N(C)C)cc1. The van der Waals surface area contributed by atoms with Crippen LogP contribution in [0.3, 0.4) is 0 Å². The largest absolute Gasteiger partial charge is 0.495 e. The molecule has 1 atom stereocenters. The fraction of sp³-hybridized carbons (Fsp3) is 0.269. The van der Waals surface area contributed by atoms with Gasteiger partial charge in [-0.15, -0.1) is 0 Å². The van der Waals surface area contributed by atoms with Crippen molar-refractivity contribution in [2.75, 3.05) is 39.1 Å². The van der Waals surface area contributed by atoms with Crippen molar-refractivity contribution in [2.45, 2.75) is 17.9 Å². The molecule has 180 valence electrons. The number of aryl methyl sites for hydroxylation is 1. The summed E-state index contributed by atoms with van der Waals surface area (Å²) in [5.74, 6) is 0.189. The van der Waals surface area contributed by atoms with Crippen molar-refractivity contribution in [3.8, 4) is 5.75 Å². The van der Waals surface area contributed by atoms with Crippen LogP contribution in [0.25, 0.3) is 0 Å². The number of carbonyl (C=O) groups is 1. The molecule has 0 aliphatic carbocycles. The number of benzene rings is 3. The van der Waals surface area contributed by atoms with E-state index in [4.69, 9.17) is 4.74 Å². The quantitative estimate of drug-likeness (QED) is 0.502. The highest BCUT2D eigenvalue weighted by atomic mass is 32.2. The molecule has 0 aromatic heterocycles. The summed E-state index contributed by atoms with van der Waals surface area (Å²) in [6.07, 6.45) is 0. The summed E-state index contributed by atoms with van der Waals surface area (Å²) in [5.41, 5.74) is 3.10. The van der Waals surface area contributed by atoms with E-state index >= 15 is 0 Å². The van der Waals surface area contributed by atoms with Gasteiger partial charge in [-0.25, -0.2) is 8.42 Å². The molecular formula is C26H31N3O4S. The third-order valence-corrected chi connectivity index (χ3v) is 7.53. The van der Waals surface area contributed by atoms with Gasteiger partial charge in [0.15, 0.2) is 0 Å². The van der Waals surface area contributed by atoms with Crippen LogP contribution in [0, 0.1) is 6.92 Å². The molecule has 0 bridgehead atoms. The van der Waals surface area contributed by atoms with Crippen molar-refractivity contribution in [3.63, 3.8) is 0 Å². The number of sulfonamides is 1. The van der Waals surface area contributed by atoms with E-state index in [-0.39, 0.29) is 16.8 Å². The van der Waals surface area contributed by atoms with Crippen LogP contribution in [0.4, 0.5) is 5.69 Å². The number of nitrogens with one attached hydrogen (secondary N) is 1. The molecule has 1 N–H and O–H groups in total. The number of amides is 1. The fourth-order valence-electron chi connectivity index (χ4n) is 3.63. The van der Waals surface area contributed by atoms with Gasteiger partial charge in [-0.3, -0.25) is 9.10 Å². The van der Waals surface area contributed by atoms with E-state index in [2.05, 4.69) is 29.6 Å². The van der Waals surface area contributed by atoms with E-state index in [0.29, 0.717) is 23.5 Å². The second-order valence-corrected chi connectivity index (χ2v) is 10.2. The van der Waals surface area contributed by atoms with Gasteiger partial charge >= 0.3 is 0 Å². The minimum atomic E-state index is -3.83. The molecular weight excluding hydrogens is 450 g/mol. The molecule has 0 spiro atoms. The Labute approximate surface area is 202 Å². The van der Waals surface area contributed by atoms with Gasteiger partial charge in [0, 0.05) is 19.2 Å². The second-order valence-electron chi connectivity index (χ2n) is 8.27. The van der Waals surface area contributed by atoms with Crippen molar-refractivity contribution in [1.29, 1.82) is 0 Å². The summed E-state index contributed by atoms with van der Waals surface area (Å²) in [4.78, 5) is 14.9. The molecule has 3 aromatic rings. The van der Waals surface area contributed by atoms with Gasteiger partial charge < -0.3 is 15.0 Å². The van der Waals surface area contributed by atoms with Crippen LogP contribution < -0.4 is 14.4 Å². The summed E-state index contributed by atoms with van der Waals surface area (Å²) in [7, 11) is 3.07. The van der Waals surface area contributed by atoms with Gasteiger partial charge in [0.1, 0.15) is 5.75 Å². The molecule has 1 amide bonds. The molecule has 0 saturated carbocycles. The van der Waals surface area contributed by atoms with E-state index in [1.54, 1.807) is 24.3 Å². The maximum atomic E-state index is 13.1. The smallest absolute Gasteiger partial charge is 0.264 e. The number of likely N-dealkylation sites (N-methyl/N-ethyl adjacent to an activating group) is 1. The van der Waals surface area contributed by atoms with Gasteiger partial charge in [-0.1, -0.05) is 42.0 Å². The summed E-state index contributed by atoms with van der Waals surface area (Å²) < 4.78 is 32.7. The van der Waals surface area contributed by atoms with Gasteiger partial charge in [0.2, 0.25) is 0 Å². The summed E-state index contributed by atoms with van der Waals surface area (Å²) in [5, 5.41) is 2.96. The van der Waals surface area contributed by atoms with Crippen molar-refractivity contribution >= 4 is 21.6 Å². The highest BCUT2D eigenvalue weighted by Gasteiger charge is 2.24. The van der Waals surface area contributed by atoms with Crippen LogP contribution in [-0.4, -0.2) is 54.0 Å². The summed E-state index contributed by atoms with van der Waals surface area (Å²) in [6.45, 7) is 2.46. The Bertz CT molecular complexity index is 1220. The molecule has 3 aromatic carbocycles. The second kappa shape index (κ2) is 10.7. The number of hydrogen-bond acceptors (Lipinski definition) is 5. The Balaban J connectivity index is 1.73. The molecule has 0 heterocycles. The zero-order chi connectivity index (χ0) is 24.9. The predicted molar refractivity (Wildman–Crippen MR) is 135 cm³/mol. The molecule has 0 aliphatic rings. The van der Waals surface area contributed by atoms with Crippen LogP contribution in [0.1, 0.15) is 27.5 Å². The first-order chi connectivity index (χ1) is 16.1. The Morgan fingerprint density at radius 3 is 2.15 bits per heavy atom. The zero-order valence-electron chi connectivity index (χ0n) is 20.1. The third kappa shape index (κ3) is 5.58. The summed E-state index contributed by atoms with van der Waals surface area (Å²) in [6, 6.07) is 21.1. The minimum absolute atomic E-state index is 0.0127. The normalized spacial score (nSPS) is 12.3. The number of ether oxygens (including phenoxy) is 1. The van der Waals surface area contributed by atoms with E-state index in [0.717, 1.165) is 5.56 Å². The summed E-state index contributed by atoms with van der Waals surface area (Å²) >= 11 is 0. The van der Waals surface area contributed by atoms with Crippen LogP contribution >= 0.6 is 0 Å². The Kier molecular flexibility index (Phi) is 7.96. The average molecular weight is 482 g/mol. The lowest BCUT2D eigenvalue weighted by molar-refractivity contribution is 0.0942. The molecule has 0 saturated heterocycles. The van der Waals surface area contributed by atoms with Crippen LogP contribution in [0.5, 0.6) is 5.75 Å². The Hall–Kier alpha value is -3.36. The van der Waals surface area contributed by atoms with E-state index in [9.17, 15) is 13.2 Å². The first-order valence-corrected chi connectivity index (χ1v) is 12.3. The molecule has 0 aliphatic heterocycles. The first-order valence-electron chi connectivity index (χ1n) is 10.9. The maximum Gasteiger partial charge on any atom is 0.264 e. The lowest BCUT2D eigenvalue weighted by Crippen LogP contribution is -2.34. The lowest BCUT2D eigenvalue weighted by Gasteiger charge is -2.25. The number of carbonyl (C=O) groups excluding carboxylic acids is 1. The lowest BCUT2D eigenvalue weighted by atomic mass is 10.0. The molecule has 1 unspecified atom stereocenters. The number of rotatable bonds is 9. The third-order valence-electron chi connectivity index (χ3n) is 5.74. The molecule has 8 heteroatoms. The van der Waals surface area contributed by atoms with Crippen molar-refractivity contribution in [1.82, 2.24) is 10.2 Å². The fourth-order valence-corrected chi connectivity index (χ4v) is 4.84.